The van der Waals surface area contributed by atoms with Crippen molar-refractivity contribution in [1.29, 1.82) is 0 Å². The number of carbonyl (C=O) groups is 1. The predicted molar refractivity (Wildman–Crippen MR) is 146 cm³/mol. The molecule has 0 unspecified atom stereocenters. The lowest BCUT2D eigenvalue weighted by atomic mass is 10.0. The average molecular weight is 505 g/mol. The second-order valence-electron chi connectivity index (χ2n) is 7.91. The molecule has 3 aromatic carbocycles. The van der Waals surface area contributed by atoms with Gasteiger partial charge in [0, 0.05) is 29.8 Å². The van der Waals surface area contributed by atoms with Gasteiger partial charge >= 0.3 is 0 Å². The van der Waals surface area contributed by atoms with Gasteiger partial charge in [0.15, 0.2) is 5.11 Å². The van der Waals surface area contributed by atoms with Crippen LogP contribution in [-0.2, 0) is 12.8 Å². The minimum absolute atomic E-state index is 0.458. The lowest BCUT2D eigenvalue weighted by Gasteiger charge is -2.14. The molecule has 178 valence electrons. The fourth-order valence-corrected chi connectivity index (χ4v) is 4.17. The Morgan fingerprint density at radius 3 is 2.63 bits per heavy atom. The maximum absolute atomic E-state index is 11.9. The highest BCUT2D eigenvalue weighted by molar-refractivity contribution is 7.80. The number of rotatable bonds is 8. The number of nitrogens with two attached hydrogens (primary N) is 1. The monoisotopic (exact) mass is 504 g/mol. The molecule has 8 heteroatoms. The minimum atomic E-state index is -0.481. The van der Waals surface area contributed by atoms with Gasteiger partial charge in [0.05, 0.1) is 16.2 Å². The first-order valence-electron chi connectivity index (χ1n) is 11.2. The maximum Gasteiger partial charge on any atom is 0.249 e. The highest BCUT2D eigenvalue weighted by atomic mass is 35.5. The number of aromatic nitrogens is 1. The Bertz CT molecular complexity index is 1380. The van der Waals surface area contributed by atoms with Crippen LogP contribution in [0.3, 0.4) is 0 Å². The molecule has 35 heavy (non-hydrogen) atoms. The molecule has 0 aliphatic carbocycles. The molecule has 6 nitrogen and oxygen atoms in total. The van der Waals surface area contributed by atoms with Gasteiger partial charge in [-0.15, -0.1) is 0 Å². The molecule has 1 amide bonds. The molecule has 0 aliphatic rings. The van der Waals surface area contributed by atoms with E-state index in [1.807, 2.05) is 31.2 Å². The number of nitrogens with one attached hydrogen (secondary N) is 2. The number of pyridine rings is 1. The van der Waals surface area contributed by atoms with E-state index in [2.05, 4.69) is 27.8 Å². The van der Waals surface area contributed by atoms with Crippen LogP contribution >= 0.6 is 23.8 Å². The molecule has 4 aromatic rings. The molecule has 0 fully saturated rings. The number of fused-ring (bicyclic) bond motifs is 1. The van der Waals surface area contributed by atoms with Crippen LogP contribution in [0.15, 0.2) is 72.9 Å². The van der Waals surface area contributed by atoms with Crippen molar-refractivity contribution in [2.45, 2.75) is 19.8 Å². The number of thiocarbonyl (C=S) groups is 1. The van der Waals surface area contributed by atoms with E-state index in [0.717, 1.165) is 17.5 Å². The summed E-state index contributed by atoms with van der Waals surface area (Å²) in [6.45, 7) is 2.67. The number of halogens is 1. The van der Waals surface area contributed by atoms with Crippen LogP contribution in [0.1, 0.15) is 28.4 Å². The molecule has 0 saturated carbocycles. The number of carbonyl (C=O) groups excluding carboxylic acids is 1. The Morgan fingerprint density at radius 2 is 1.91 bits per heavy atom. The fraction of sp³-hybridized carbons (Fsp3) is 0.148. The summed E-state index contributed by atoms with van der Waals surface area (Å²) >= 11 is 11.9. The quantitative estimate of drug-likeness (QED) is 0.260. The zero-order valence-corrected chi connectivity index (χ0v) is 20.7. The van der Waals surface area contributed by atoms with Gasteiger partial charge in [0.1, 0.15) is 11.5 Å². The SMILES string of the molecule is CCc1cc2nccc(Oc3ccc(NC(=S)NCCc4ccccc4)c(Cl)c3)c2cc1C(N)=O. The third-order valence-electron chi connectivity index (χ3n) is 5.53. The van der Waals surface area contributed by atoms with Crippen LogP contribution in [0.5, 0.6) is 11.5 Å². The molecular formula is C27H25ClN4O2S. The lowest BCUT2D eigenvalue weighted by Crippen LogP contribution is -2.30. The summed E-state index contributed by atoms with van der Waals surface area (Å²) in [6.07, 6.45) is 3.20. The maximum atomic E-state index is 11.9. The molecule has 4 N–H and O–H groups in total. The Kier molecular flexibility index (Phi) is 7.80. The Hall–Kier alpha value is -3.68. The van der Waals surface area contributed by atoms with Gasteiger partial charge in [-0.1, -0.05) is 48.9 Å². The number of hydrogen-bond acceptors (Lipinski definition) is 4. The van der Waals surface area contributed by atoms with Crippen molar-refractivity contribution in [3.63, 3.8) is 0 Å². The summed E-state index contributed by atoms with van der Waals surface area (Å²) in [5.41, 5.74) is 9.52. The molecule has 0 saturated heterocycles. The predicted octanol–water partition coefficient (Wildman–Crippen LogP) is 5.87. The second kappa shape index (κ2) is 11.2. The number of ether oxygens (including phenoxy) is 1. The summed E-state index contributed by atoms with van der Waals surface area (Å²) in [4.78, 5) is 16.3. The first-order chi connectivity index (χ1) is 16.9. The number of anilines is 1. The van der Waals surface area contributed by atoms with Crippen molar-refractivity contribution in [3.8, 4) is 11.5 Å². The van der Waals surface area contributed by atoms with Crippen molar-refractivity contribution < 1.29 is 9.53 Å². The standard InChI is InChI=1S/C27H25ClN4O2S/c1-2-18-14-24-21(16-20(18)26(29)33)25(11-13-30-24)34-19-8-9-23(22(28)15-19)32-27(35)31-12-10-17-6-4-3-5-7-17/h3-9,11,13-16H,2,10,12H2,1H3,(H2,29,33)(H2,31,32,35). The number of benzene rings is 3. The summed E-state index contributed by atoms with van der Waals surface area (Å²) < 4.78 is 6.10. The fourth-order valence-electron chi connectivity index (χ4n) is 3.74. The normalized spacial score (nSPS) is 10.7. The Balaban J connectivity index is 1.45. The van der Waals surface area contributed by atoms with Crippen molar-refractivity contribution in [2.75, 3.05) is 11.9 Å². The summed E-state index contributed by atoms with van der Waals surface area (Å²) in [5, 5.41) is 7.95. The minimum Gasteiger partial charge on any atom is -0.457 e. The summed E-state index contributed by atoms with van der Waals surface area (Å²) in [7, 11) is 0. The summed E-state index contributed by atoms with van der Waals surface area (Å²) in [6, 6.07) is 20.8. The van der Waals surface area contributed by atoms with E-state index in [1.54, 1.807) is 36.5 Å². The molecule has 0 atom stereocenters. The molecule has 1 heterocycles. The zero-order valence-electron chi connectivity index (χ0n) is 19.2. The van der Waals surface area contributed by atoms with E-state index in [-0.39, 0.29) is 0 Å². The van der Waals surface area contributed by atoms with Crippen molar-refractivity contribution in [2.24, 2.45) is 5.73 Å². The van der Waals surface area contributed by atoms with Gasteiger partial charge < -0.3 is 21.1 Å². The molecule has 0 bridgehead atoms. The molecule has 1 aromatic heterocycles. The average Bonchev–Trinajstić information content (AvgIpc) is 2.85. The van der Waals surface area contributed by atoms with E-state index in [4.69, 9.17) is 34.3 Å². The largest absolute Gasteiger partial charge is 0.457 e. The third kappa shape index (κ3) is 6.07. The molecule has 0 spiro atoms. The van der Waals surface area contributed by atoms with E-state index >= 15 is 0 Å². The van der Waals surface area contributed by atoms with Crippen LogP contribution in [0.2, 0.25) is 5.02 Å². The molecule has 4 rings (SSSR count). The Morgan fingerprint density at radius 1 is 1.11 bits per heavy atom. The van der Waals surface area contributed by atoms with Gasteiger partial charge in [0.25, 0.3) is 0 Å². The van der Waals surface area contributed by atoms with Crippen molar-refractivity contribution in [1.82, 2.24) is 10.3 Å². The van der Waals surface area contributed by atoms with Gasteiger partial charge in [0.2, 0.25) is 5.91 Å². The van der Waals surface area contributed by atoms with Crippen molar-refractivity contribution in [3.05, 3.63) is 94.6 Å². The van der Waals surface area contributed by atoms with Crippen LogP contribution < -0.4 is 21.1 Å². The van der Waals surface area contributed by atoms with Gasteiger partial charge in [-0.2, -0.15) is 0 Å². The number of amides is 1. The highest BCUT2D eigenvalue weighted by Crippen LogP contribution is 2.34. The molecule has 0 aliphatic heterocycles. The van der Waals surface area contributed by atoms with Crippen LogP contribution in [0.4, 0.5) is 5.69 Å². The number of nitrogens with zero attached hydrogens (tertiary/aromatic N) is 1. The second-order valence-corrected chi connectivity index (χ2v) is 8.73. The number of primary amides is 1. The summed E-state index contributed by atoms with van der Waals surface area (Å²) in [5.74, 6) is 0.608. The number of aryl methyl sites for hydroxylation is 1. The first kappa shape index (κ1) is 24.4. The lowest BCUT2D eigenvalue weighted by molar-refractivity contribution is 0.0999. The molecule has 0 radical (unpaired) electrons. The smallest absolute Gasteiger partial charge is 0.249 e. The van der Waals surface area contributed by atoms with Crippen LogP contribution in [0.25, 0.3) is 10.9 Å². The van der Waals surface area contributed by atoms with Crippen LogP contribution in [-0.4, -0.2) is 22.5 Å². The van der Waals surface area contributed by atoms with Gasteiger partial charge in [-0.3, -0.25) is 9.78 Å². The first-order valence-corrected chi connectivity index (χ1v) is 12.0. The van der Waals surface area contributed by atoms with E-state index in [9.17, 15) is 4.79 Å². The third-order valence-corrected chi connectivity index (χ3v) is 6.09. The van der Waals surface area contributed by atoms with Gasteiger partial charge in [-0.25, -0.2) is 0 Å². The zero-order chi connectivity index (χ0) is 24.8. The van der Waals surface area contributed by atoms with E-state index < -0.39 is 5.91 Å². The number of hydrogen-bond donors (Lipinski definition) is 3. The van der Waals surface area contributed by atoms with Gasteiger partial charge in [-0.05, 0) is 66.5 Å². The molecular weight excluding hydrogens is 480 g/mol. The van der Waals surface area contributed by atoms with Crippen molar-refractivity contribution >= 4 is 51.4 Å². The topological polar surface area (TPSA) is 89.3 Å². The highest BCUT2D eigenvalue weighted by Gasteiger charge is 2.13. The van der Waals surface area contributed by atoms with E-state index in [0.29, 0.717) is 51.2 Å². The van der Waals surface area contributed by atoms with Crippen LogP contribution in [0, 0.1) is 0 Å². The van der Waals surface area contributed by atoms with E-state index in [1.165, 1.54) is 5.56 Å². The Labute approximate surface area is 214 Å².